The highest BCUT2D eigenvalue weighted by molar-refractivity contribution is 5.87. The van der Waals surface area contributed by atoms with E-state index >= 15 is 0 Å². The molecule has 2 aromatic rings. The Kier molecular flexibility index (Phi) is 6.97. The Hall–Kier alpha value is -3.20. The summed E-state index contributed by atoms with van der Waals surface area (Å²) in [6.45, 7) is 5.99. The Morgan fingerprint density at radius 1 is 1.12 bits per heavy atom. The number of aliphatic hydroxyl groups is 1. The Morgan fingerprint density at radius 2 is 1.90 bits per heavy atom. The summed E-state index contributed by atoms with van der Waals surface area (Å²) in [5, 5.41) is 11.8. The van der Waals surface area contributed by atoms with E-state index in [0.29, 0.717) is 12.1 Å². The van der Waals surface area contributed by atoms with Crippen LogP contribution in [0.1, 0.15) is 49.3 Å². The van der Waals surface area contributed by atoms with E-state index < -0.39 is 48.1 Å². The molecule has 1 aromatic heterocycles. The molecule has 40 heavy (non-hydrogen) atoms. The molecule has 0 amide bonds. The van der Waals surface area contributed by atoms with Crippen molar-refractivity contribution in [1.82, 2.24) is 4.98 Å². The molecule has 2 fully saturated rings. The molecular weight excluding hydrogens is 510 g/mol. The lowest BCUT2D eigenvalue weighted by molar-refractivity contribution is -0.166. The number of hydrogen-bond donors (Lipinski definition) is 2. The summed E-state index contributed by atoms with van der Waals surface area (Å²) in [6, 6.07) is 13.1. The van der Waals surface area contributed by atoms with Crippen molar-refractivity contribution in [2.24, 2.45) is 29.6 Å². The monoisotopic (exact) mass is 547 g/mol. The smallest absolute Gasteiger partial charge is 0.355 e. The van der Waals surface area contributed by atoms with E-state index in [1.807, 2.05) is 51.1 Å². The van der Waals surface area contributed by atoms with E-state index in [4.69, 9.17) is 18.9 Å². The number of cyclic esters (lactones) is 1. The van der Waals surface area contributed by atoms with Gasteiger partial charge in [-0.25, -0.2) is 9.59 Å². The summed E-state index contributed by atoms with van der Waals surface area (Å²) in [5.41, 5.74) is 1.33. The van der Waals surface area contributed by atoms with Crippen LogP contribution in [-0.4, -0.2) is 59.2 Å². The third-order valence-electron chi connectivity index (χ3n) is 9.54. The molecule has 11 atom stereocenters. The van der Waals surface area contributed by atoms with E-state index in [1.165, 1.54) is 7.11 Å². The number of nitrogens with one attached hydrogen (secondary N) is 1. The van der Waals surface area contributed by atoms with Crippen molar-refractivity contribution in [3.05, 3.63) is 83.7 Å². The molecular formula is C32H37NO7. The second-order valence-electron chi connectivity index (χ2n) is 11.7. The van der Waals surface area contributed by atoms with Gasteiger partial charge in [-0.2, -0.15) is 0 Å². The maximum Gasteiger partial charge on any atom is 0.355 e. The van der Waals surface area contributed by atoms with Crippen molar-refractivity contribution < 1.29 is 33.6 Å². The topological polar surface area (TPSA) is 107 Å². The molecule has 8 nitrogen and oxygen atoms in total. The maximum atomic E-state index is 13.4. The number of aromatic nitrogens is 1. The molecule has 2 aliphatic carbocycles. The van der Waals surface area contributed by atoms with Gasteiger partial charge in [0.1, 0.15) is 29.6 Å². The summed E-state index contributed by atoms with van der Waals surface area (Å²) in [7, 11) is 1.52. The molecule has 4 aliphatic rings. The number of H-pyrrole nitrogens is 1. The van der Waals surface area contributed by atoms with Crippen LogP contribution in [-0.2, 0) is 23.7 Å². The highest BCUT2D eigenvalue weighted by atomic mass is 16.6. The van der Waals surface area contributed by atoms with Crippen LogP contribution in [0, 0.1) is 29.6 Å². The minimum atomic E-state index is -0.894. The zero-order chi connectivity index (χ0) is 28.2. The molecule has 4 bridgehead atoms. The van der Waals surface area contributed by atoms with Crippen molar-refractivity contribution in [3.63, 3.8) is 0 Å². The van der Waals surface area contributed by atoms with Crippen LogP contribution < -0.4 is 0 Å². The molecule has 212 valence electrons. The standard InChI is InChI=1S/C32H37NO7/c1-17-15-18(2)32-21(16-24(37-4)31(36)38-27(17)20-9-6-5-7-10-20)12-13-22-25(32)26(34)19(3)28(29(22)40-32)39-30(35)23-11-8-14-33-23/h5-15,17,19,21-22,24-29,33-34H,16H2,1-4H3/b18-15+/t17-,19+,21+,22+,24-,25-,26+,27+,28+,29+,32-/m0/s1. The fraction of sp³-hybridized carbons (Fsp3) is 0.500. The van der Waals surface area contributed by atoms with Gasteiger partial charge in [-0.05, 0) is 36.6 Å². The Morgan fingerprint density at radius 3 is 2.60 bits per heavy atom. The van der Waals surface area contributed by atoms with E-state index in [-0.39, 0.29) is 29.6 Å². The SMILES string of the molecule is CO[C@H]1C[C@H]2C=C[C@H]3[C@H]4O[C@]2(/C(C)=C/[C@H](C)[C@H](c2ccccc2)OC1=O)[C@@H]3[C@H](O)[C@@H](C)[C@H]4OC(=O)c1ccc[nH]1. The average Bonchev–Trinajstić information content (AvgIpc) is 3.56. The van der Waals surface area contributed by atoms with Crippen molar-refractivity contribution in [1.29, 1.82) is 0 Å². The molecule has 0 unspecified atom stereocenters. The Labute approximate surface area is 234 Å². The quantitative estimate of drug-likeness (QED) is 0.432. The first-order valence-corrected chi connectivity index (χ1v) is 14.1. The van der Waals surface area contributed by atoms with Gasteiger partial charge >= 0.3 is 11.9 Å². The number of aromatic amines is 1. The second-order valence-corrected chi connectivity index (χ2v) is 11.7. The number of carbonyl (C=O) groups is 2. The molecule has 0 radical (unpaired) electrons. The molecule has 3 heterocycles. The molecule has 1 aromatic carbocycles. The van der Waals surface area contributed by atoms with Crippen LogP contribution in [0.25, 0.3) is 0 Å². The van der Waals surface area contributed by atoms with Crippen LogP contribution in [0.3, 0.4) is 0 Å². The molecule has 2 N–H and O–H groups in total. The number of methoxy groups -OCH3 is 1. The average molecular weight is 548 g/mol. The summed E-state index contributed by atoms with van der Waals surface area (Å²) in [4.78, 5) is 29.3. The van der Waals surface area contributed by atoms with E-state index in [9.17, 15) is 14.7 Å². The molecule has 2 aliphatic heterocycles. The summed E-state index contributed by atoms with van der Waals surface area (Å²) < 4.78 is 24.8. The van der Waals surface area contributed by atoms with E-state index in [2.05, 4.69) is 23.2 Å². The predicted octanol–water partition coefficient (Wildman–Crippen LogP) is 4.39. The number of hydrogen-bond acceptors (Lipinski definition) is 7. The van der Waals surface area contributed by atoms with Gasteiger partial charge in [0, 0.05) is 42.9 Å². The summed E-state index contributed by atoms with van der Waals surface area (Å²) in [6.07, 6.45) is 5.09. The molecule has 1 saturated heterocycles. The summed E-state index contributed by atoms with van der Waals surface area (Å²) >= 11 is 0. The first kappa shape index (κ1) is 27.0. The van der Waals surface area contributed by atoms with Crippen molar-refractivity contribution >= 4 is 11.9 Å². The van der Waals surface area contributed by atoms with Crippen LogP contribution in [0.15, 0.2) is 72.5 Å². The van der Waals surface area contributed by atoms with Gasteiger partial charge in [0.25, 0.3) is 0 Å². The summed E-state index contributed by atoms with van der Waals surface area (Å²) in [5.74, 6) is -2.10. The van der Waals surface area contributed by atoms with Gasteiger partial charge in [-0.3, -0.25) is 0 Å². The number of aliphatic hydroxyl groups excluding tert-OH is 1. The number of benzene rings is 1. The lowest BCUT2D eigenvalue weighted by atomic mass is 9.57. The fourth-order valence-electron chi connectivity index (χ4n) is 7.60. The largest absolute Gasteiger partial charge is 0.455 e. The number of ether oxygens (including phenoxy) is 4. The lowest BCUT2D eigenvalue weighted by Gasteiger charge is -2.48. The van der Waals surface area contributed by atoms with Crippen LogP contribution >= 0.6 is 0 Å². The number of rotatable bonds is 4. The van der Waals surface area contributed by atoms with Crippen molar-refractivity contribution in [2.75, 3.05) is 7.11 Å². The maximum absolute atomic E-state index is 13.4. The van der Waals surface area contributed by atoms with Gasteiger partial charge in [0.2, 0.25) is 0 Å². The van der Waals surface area contributed by atoms with Gasteiger partial charge < -0.3 is 29.0 Å². The normalized spacial score (nSPS) is 41.8. The Bertz CT molecular complexity index is 1300. The zero-order valence-corrected chi connectivity index (χ0v) is 23.2. The van der Waals surface area contributed by atoms with Gasteiger partial charge in [-0.1, -0.05) is 62.4 Å². The van der Waals surface area contributed by atoms with Crippen LogP contribution in [0.2, 0.25) is 0 Å². The second kappa shape index (κ2) is 10.3. The zero-order valence-electron chi connectivity index (χ0n) is 23.2. The molecule has 1 spiro atoms. The third-order valence-corrected chi connectivity index (χ3v) is 9.54. The first-order valence-electron chi connectivity index (χ1n) is 14.1. The first-order chi connectivity index (χ1) is 19.3. The molecule has 8 heteroatoms. The highest BCUT2D eigenvalue weighted by Crippen LogP contribution is 2.61. The minimum absolute atomic E-state index is 0.150. The van der Waals surface area contributed by atoms with Crippen molar-refractivity contribution in [2.45, 2.75) is 63.3 Å². The minimum Gasteiger partial charge on any atom is -0.455 e. The van der Waals surface area contributed by atoms with Crippen LogP contribution in [0.4, 0.5) is 0 Å². The van der Waals surface area contributed by atoms with Crippen molar-refractivity contribution in [3.8, 4) is 0 Å². The van der Waals surface area contributed by atoms with Gasteiger partial charge in [0.15, 0.2) is 6.10 Å². The highest BCUT2D eigenvalue weighted by Gasteiger charge is 2.69. The van der Waals surface area contributed by atoms with Gasteiger partial charge in [-0.15, -0.1) is 0 Å². The number of esters is 2. The molecule has 1 saturated carbocycles. The Balaban J connectivity index is 1.42. The predicted molar refractivity (Wildman–Crippen MR) is 146 cm³/mol. The fourth-order valence-corrected chi connectivity index (χ4v) is 7.60. The van der Waals surface area contributed by atoms with E-state index in [1.54, 1.807) is 18.3 Å². The van der Waals surface area contributed by atoms with Crippen LogP contribution in [0.5, 0.6) is 0 Å². The van der Waals surface area contributed by atoms with E-state index in [0.717, 1.165) is 11.1 Å². The van der Waals surface area contributed by atoms with Gasteiger partial charge in [0.05, 0.1) is 6.10 Å². The molecule has 6 rings (SSSR count). The third kappa shape index (κ3) is 4.16. The lowest BCUT2D eigenvalue weighted by Crippen LogP contribution is -2.57. The number of carbonyl (C=O) groups excluding carboxylic acids is 2.